The summed E-state index contributed by atoms with van der Waals surface area (Å²) in [5.74, 6) is 0.802. The quantitative estimate of drug-likeness (QED) is 0.738. The van der Waals surface area contributed by atoms with Crippen molar-refractivity contribution in [2.24, 2.45) is 5.92 Å². The predicted molar refractivity (Wildman–Crippen MR) is 120 cm³/mol. The van der Waals surface area contributed by atoms with E-state index < -0.39 is 6.04 Å². The minimum absolute atomic E-state index is 0.0121. The van der Waals surface area contributed by atoms with E-state index in [1.165, 1.54) is 5.56 Å². The molecule has 1 fully saturated rings. The summed E-state index contributed by atoms with van der Waals surface area (Å²) in [6, 6.07) is 19.2. The van der Waals surface area contributed by atoms with E-state index in [0.717, 1.165) is 12.8 Å². The molecule has 2 amide bonds. The van der Waals surface area contributed by atoms with Gasteiger partial charge in [-0.05, 0) is 43.4 Å². The number of nitrogens with one attached hydrogen (secondary N) is 1. The second kappa shape index (κ2) is 9.97. The van der Waals surface area contributed by atoms with Crippen molar-refractivity contribution in [2.75, 3.05) is 5.75 Å². The van der Waals surface area contributed by atoms with Crippen molar-refractivity contribution in [3.05, 3.63) is 71.8 Å². The van der Waals surface area contributed by atoms with E-state index in [0.29, 0.717) is 11.3 Å². The number of amides is 2. The SMILES string of the molecule is CC(C)[C@@H]1SC[C@H](C(=O)N[C@@H](C)CCc2ccccc2)N1C(=O)c1ccccc1. The summed E-state index contributed by atoms with van der Waals surface area (Å²) < 4.78 is 0. The standard InChI is InChI=1S/C24H30N2O2S/c1-17(2)24-26(23(28)20-12-8-5-9-13-20)21(16-29-24)22(27)25-18(3)14-15-19-10-6-4-7-11-19/h4-13,17-18,21,24H,14-16H2,1-3H3,(H,25,27)/t18-,21+,24-/m0/s1. The molecule has 0 saturated carbocycles. The molecule has 1 heterocycles. The lowest BCUT2D eigenvalue weighted by atomic mass is 10.1. The van der Waals surface area contributed by atoms with Gasteiger partial charge in [-0.15, -0.1) is 11.8 Å². The minimum Gasteiger partial charge on any atom is -0.352 e. The van der Waals surface area contributed by atoms with Crippen LogP contribution in [0, 0.1) is 5.92 Å². The fourth-order valence-corrected chi connectivity index (χ4v) is 5.15. The van der Waals surface area contributed by atoms with E-state index in [-0.39, 0.29) is 29.1 Å². The fourth-order valence-electron chi connectivity index (χ4n) is 3.67. The Labute approximate surface area is 178 Å². The van der Waals surface area contributed by atoms with Crippen LogP contribution in [0.4, 0.5) is 0 Å². The second-order valence-electron chi connectivity index (χ2n) is 8.00. The first kappa shape index (κ1) is 21.4. The van der Waals surface area contributed by atoms with E-state index in [2.05, 4.69) is 31.3 Å². The molecule has 0 spiro atoms. The van der Waals surface area contributed by atoms with Gasteiger partial charge in [0.2, 0.25) is 5.91 Å². The van der Waals surface area contributed by atoms with Crippen molar-refractivity contribution in [3.63, 3.8) is 0 Å². The average molecular weight is 411 g/mol. The van der Waals surface area contributed by atoms with E-state index in [9.17, 15) is 9.59 Å². The molecule has 1 aliphatic heterocycles. The monoisotopic (exact) mass is 410 g/mol. The first-order valence-corrected chi connectivity index (χ1v) is 11.4. The Morgan fingerprint density at radius 1 is 1.03 bits per heavy atom. The van der Waals surface area contributed by atoms with Crippen molar-refractivity contribution in [3.8, 4) is 0 Å². The van der Waals surface area contributed by atoms with E-state index in [4.69, 9.17) is 0 Å². The maximum absolute atomic E-state index is 13.2. The average Bonchev–Trinajstić information content (AvgIpc) is 3.19. The zero-order valence-corrected chi connectivity index (χ0v) is 18.2. The molecule has 0 bridgehead atoms. The van der Waals surface area contributed by atoms with Crippen molar-refractivity contribution >= 4 is 23.6 Å². The predicted octanol–water partition coefficient (Wildman–Crippen LogP) is 4.36. The third kappa shape index (κ3) is 5.41. The summed E-state index contributed by atoms with van der Waals surface area (Å²) in [5, 5.41) is 3.15. The fraction of sp³-hybridized carbons (Fsp3) is 0.417. The Balaban J connectivity index is 1.66. The first-order valence-electron chi connectivity index (χ1n) is 10.3. The van der Waals surface area contributed by atoms with Gasteiger partial charge in [-0.1, -0.05) is 62.4 Å². The van der Waals surface area contributed by atoms with Crippen LogP contribution in [-0.2, 0) is 11.2 Å². The number of hydrogen-bond acceptors (Lipinski definition) is 3. The summed E-state index contributed by atoms with van der Waals surface area (Å²) in [5.41, 5.74) is 1.90. The minimum atomic E-state index is -0.431. The van der Waals surface area contributed by atoms with Crippen LogP contribution in [-0.4, -0.2) is 39.9 Å². The summed E-state index contributed by atoms with van der Waals surface area (Å²) in [4.78, 5) is 28.1. The lowest BCUT2D eigenvalue weighted by molar-refractivity contribution is -0.125. The molecule has 0 aromatic heterocycles. The highest BCUT2D eigenvalue weighted by atomic mass is 32.2. The van der Waals surface area contributed by atoms with Crippen molar-refractivity contribution < 1.29 is 9.59 Å². The number of thioether (sulfide) groups is 1. The van der Waals surface area contributed by atoms with E-state index >= 15 is 0 Å². The van der Waals surface area contributed by atoms with Crippen LogP contribution in [0.15, 0.2) is 60.7 Å². The molecule has 2 aromatic carbocycles. The number of hydrogen-bond donors (Lipinski definition) is 1. The number of rotatable bonds is 7. The number of carbonyl (C=O) groups is 2. The number of nitrogens with zero attached hydrogens (tertiary/aromatic N) is 1. The largest absolute Gasteiger partial charge is 0.352 e. The maximum atomic E-state index is 13.2. The molecule has 1 aliphatic rings. The number of benzene rings is 2. The Kier molecular flexibility index (Phi) is 7.37. The summed E-state index contributed by atoms with van der Waals surface area (Å²) >= 11 is 1.70. The van der Waals surface area contributed by atoms with Gasteiger partial charge in [0.25, 0.3) is 5.91 Å². The van der Waals surface area contributed by atoms with E-state index in [1.807, 2.05) is 55.5 Å². The third-order valence-corrected chi connectivity index (χ3v) is 6.88. The van der Waals surface area contributed by atoms with Gasteiger partial charge in [0, 0.05) is 17.4 Å². The molecular formula is C24H30N2O2S. The van der Waals surface area contributed by atoms with Crippen LogP contribution in [0.5, 0.6) is 0 Å². The molecule has 0 aliphatic carbocycles. The Hall–Kier alpha value is -2.27. The van der Waals surface area contributed by atoms with Crippen LogP contribution in [0.3, 0.4) is 0 Å². The normalized spacial score (nSPS) is 19.9. The molecule has 0 radical (unpaired) electrons. The summed E-state index contributed by atoms with van der Waals surface area (Å²) in [7, 11) is 0. The van der Waals surface area contributed by atoms with Crippen molar-refractivity contribution in [2.45, 2.75) is 51.1 Å². The molecule has 5 heteroatoms. The van der Waals surface area contributed by atoms with Crippen molar-refractivity contribution in [1.82, 2.24) is 10.2 Å². The number of carbonyl (C=O) groups excluding carboxylic acids is 2. The molecule has 2 aromatic rings. The van der Waals surface area contributed by atoms with Crippen molar-refractivity contribution in [1.29, 1.82) is 0 Å². The van der Waals surface area contributed by atoms with Gasteiger partial charge in [0.1, 0.15) is 6.04 Å². The lowest BCUT2D eigenvalue weighted by Gasteiger charge is -2.31. The van der Waals surface area contributed by atoms with Gasteiger partial charge in [0.15, 0.2) is 0 Å². The topological polar surface area (TPSA) is 49.4 Å². The highest BCUT2D eigenvalue weighted by Gasteiger charge is 2.43. The van der Waals surface area contributed by atoms with E-state index in [1.54, 1.807) is 16.7 Å². The summed E-state index contributed by atoms with van der Waals surface area (Å²) in [6.07, 6.45) is 1.79. The maximum Gasteiger partial charge on any atom is 0.255 e. The Morgan fingerprint density at radius 3 is 2.28 bits per heavy atom. The van der Waals surface area contributed by atoms with Gasteiger partial charge < -0.3 is 10.2 Å². The van der Waals surface area contributed by atoms with Crippen LogP contribution in [0.1, 0.15) is 43.1 Å². The van der Waals surface area contributed by atoms with Crippen LogP contribution >= 0.6 is 11.8 Å². The molecular weight excluding hydrogens is 380 g/mol. The number of aryl methyl sites for hydroxylation is 1. The molecule has 1 N–H and O–H groups in total. The molecule has 1 saturated heterocycles. The molecule has 154 valence electrons. The Bertz CT molecular complexity index is 810. The molecule has 29 heavy (non-hydrogen) atoms. The van der Waals surface area contributed by atoms with Gasteiger partial charge in [-0.2, -0.15) is 0 Å². The molecule has 3 rings (SSSR count). The first-order chi connectivity index (χ1) is 14.0. The molecule has 4 nitrogen and oxygen atoms in total. The van der Waals surface area contributed by atoms with Gasteiger partial charge in [0.05, 0.1) is 5.37 Å². The zero-order chi connectivity index (χ0) is 20.8. The van der Waals surface area contributed by atoms with Gasteiger partial charge >= 0.3 is 0 Å². The summed E-state index contributed by atoms with van der Waals surface area (Å²) in [6.45, 7) is 6.24. The third-order valence-electron chi connectivity index (χ3n) is 5.26. The zero-order valence-electron chi connectivity index (χ0n) is 17.4. The van der Waals surface area contributed by atoms with Crippen LogP contribution < -0.4 is 5.32 Å². The lowest BCUT2D eigenvalue weighted by Crippen LogP contribution is -2.52. The Morgan fingerprint density at radius 2 is 1.66 bits per heavy atom. The second-order valence-corrected chi connectivity index (χ2v) is 9.15. The highest BCUT2D eigenvalue weighted by molar-refractivity contribution is 8.00. The van der Waals surface area contributed by atoms with Gasteiger partial charge in [-0.25, -0.2) is 0 Å². The van der Waals surface area contributed by atoms with Crippen LogP contribution in [0.2, 0.25) is 0 Å². The van der Waals surface area contributed by atoms with Gasteiger partial charge in [-0.3, -0.25) is 9.59 Å². The molecule has 0 unspecified atom stereocenters. The molecule has 3 atom stereocenters. The highest BCUT2D eigenvalue weighted by Crippen LogP contribution is 2.35. The van der Waals surface area contributed by atoms with Crippen LogP contribution in [0.25, 0.3) is 0 Å². The smallest absolute Gasteiger partial charge is 0.255 e.